The Hall–Kier alpha value is -2.63. The normalized spacial score (nSPS) is 10.4. The van der Waals surface area contributed by atoms with Gasteiger partial charge >= 0.3 is 16.5 Å². The Balaban J connectivity index is 0.000000293. The Bertz CT molecular complexity index is 1370. The van der Waals surface area contributed by atoms with Crippen LogP contribution in [0.1, 0.15) is 41.4 Å². The SMILES string of the molecule is CN(C)SSc1ccc(C(=O)C(=O)c2ccccc2)cc1.CN(C)SSc1ccc(C(=O)C(=O)c2ccccc2)cc1.[Ni+2]. The third-order valence-electron chi connectivity index (χ3n) is 5.28. The van der Waals surface area contributed by atoms with Crippen molar-refractivity contribution in [1.29, 1.82) is 0 Å². The van der Waals surface area contributed by atoms with Crippen LogP contribution < -0.4 is 0 Å². The number of hydrogen-bond acceptors (Lipinski definition) is 10. The predicted octanol–water partition coefficient (Wildman–Crippen LogP) is 7.94. The van der Waals surface area contributed by atoms with Crippen molar-refractivity contribution in [3.8, 4) is 0 Å². The van der Waals surface area contributed by atoms with Gasteiger partial charge in [-0.25, -0.2) is 8.61 Å². The molecule has 4 aromatic carbocycles. The Kier molecular flexibility index (Phi) is 16.1. The fraction of sp³-hybridized carbons (Fsp3) is 0.125. The first-order valence-electron chi connectivity index (χ1n) is 12.7. The van der Waals surface area contributed by atoms with Crippen LogP contribution in [-0.2, 0) is 16.5 Å². The number of Topliss-reactive ketones (excluding diaryl/α,β-unsaturated/α-hetero) is 4. The molecule has 6 nitrogen and oxygen atoms in total. The van der Waals surface area contributed by atoms with Crippen LogP contribution >= 0.6 is 43.5 Å². The van der Waals surface area contributed by atoms with Crippen molar-refractivity contribution in [2.24, 2.45) is 0 Å². The minimum atomic E-state index is -0.474. The van der Waals surface area contributed by atoms with E-state index in [4.69, 9.17) is 0 Å². The van der Waals surface area contributed by atoms with Gasteiger partial charge in [0.15, 0.2) is 0 Å². The van der Waals surface area contributed by atoms with Crippen LogP contribution in [0.3, 0.4) is 0 Å². The van der Waals surface area contributed by atoms with Crippen molar-refractivity contribution in [2.75, 3.05) is 28.2 Å². The van der Waals surface area contributed by atoms with Gasteiger partial charge in [-0.2, -0.15) is 0 Å². The van der Waals surface area contributed by atoms with Gasteiger partial charge in [-0.1, -0.05) is 60.7 Å². The van der Waals surface area contributed by atoms with E-state index in [1.807, 2.05) is 73.2 Å². The molecule has 0 radical (unpaired) electrons. The minimum Gasteiger partial charge on any atom is -0.285 e. The maximum absolute atomic E-state index is 12.2. The van der Waals surface area contributed by atoms with E-state index in [-0.39, 0.29) is 16.5 Å². The fourth-order valence-electron chi connectivity index (χ4n) is 3.26. The molecule has 43 heavy (non-hydrogen) atoms. The number of hydrogen-bond donors (Lipinski definition) is 0. The number of benzene rings is 4. The Morgan fingerprint density at radius 2 is 0.674 bits per heavy atom. The van der Waals surface area contributed by atoms with Crippen molar-refractivity contribution in [3.63, 3.8) is 0 Å². The largest absolute Gasteiger partial charge is 2.00 e. The maximum Gasteiger partial charge on any atom is 2.00 e. The second-order valence-electron chi connectivity index (χ2n) is 9.04. The summed E-state index contributed by atoms with van der Waals surface area (Å²) < 4.78 is 3.98. The zero-order chi connectivity index (χ0) is 30.5. The van der Waals surface area contributed by atoms with E-state index in [0.717, 1.165) is 9.79 Å². The first kappa shape index (κ1) is 36.6. The first-order chi connectivity index (χ1) is 20.2. The molecule has 0 unspecified atom stereocenters. The van der Waals surface area contributed by atoms with Gasteiger partial charge in [0, 0.05) is 32.0 Å². The molecular formula is C32H30N2NiO4S4+2. The molecule has 0 aromatic heterocycles. The summed E-state index contributed by atoms with van der Waals surface area (Å²) in [6.45, 7) is 0. The summed E-state index contributed by atoms with van der Waals surface area (Å²) in [5, 5.41) is 0. The molecule has 0 spiro atoms. The molecule has 0 fully saturated rings. The quantitative estimate of drug-likeness (QED) is 0.0480. The van der Waals surface area contributed by atoms with Gasteiger partial charge in [0.05, 0.1) is 0 Å². The molecule has 224 valence electrons. The van der Waals surface area contributed by atoms with E-state index in [2.05, 4.69) is 0 Å². The first-order valence-corrected chi connectivity index (χ1v) is 16.9. The summed E-state index contributed by atoms with van der Waals surface area (Å²) in [6.07, 6.45) is 0. The summed E-state index contributed by atoms with van der Waals surface area (Å²) in [4.78, 5) is 50.5. The monoisotopic (exact) mass is 692 g/mol. The smallest absolute Gasteiger partial charge is 0.285 e. The van der Waals surface area contributed by atoms with Gasteiger partial charge in [0.25, 0.3) is 0 Å². The molecule has 0 aliphatic carbocycles. The van der Waals surface area contributed by atoms with E-state index in [1.165, 1.54) is 0 Å². The van der Waals surface area contributed by atoms with Crippen molar-refractivity contribution in [3.05, 3.63) is 131 Å². The van der Waals surface area contributed by atoms with Crippen LogP contribution in [0.2, 0.25) is 0 Å². The minimum absolute atomic E-state index is 0. The van der Waals surface area contributed by atoms with Gasteiger partial charge in [-0.15, -0.1) is 0 Å². The van der Waals surface area contributed by atoms with Crippen LogP contribution in [0.4, 0.5) is 0 Å². The molecule has 11 heteroatoms. The Morgan fingerprint density at radius 3 is 0.930 bits per heavy atom. The van der Waals surface area contributed by atoms with Gasteiger partial charge in [-0.3, -0.25) is 19.2 Å². The summed E-state index contributed by atoms with van der Waals surface area (Å²) in [5.41, 5.74) is 1.68. The molecular weight excluding hydrogens is 663 g/mol. The molecule has 0 aliphatic rings. The fourth-order valence-corrected chi connectivity index (χ4v) is 6.30. The third-order valence-corrected chi connectivity index (χ3v) is 10.3. The number of rotatable bonds is 12. The molecule has 4 aromatic rings. The molecule has 0 bridgehead atoms. The second-order valence-corrected chi connectivity index (χ2v) is 14.0. The van der Waals surface area contributed by atoms with Crippen molar-refractivity contribution in [1.82, 2.24) is 8.61 Å². The average Bonchev–Trinajstić information content (AvgIpc) is 3.03. The number of nitrogens with zero attached hydrogens (tertiary/aromatic N) is 2. The van der Waals surface area contributed by atoms with Crippen LogP contribution in [0.5, 0.6) is 0 Å². The molecule has 0 heterocycles. The average molecular weight is 694 g/mol. The zero-order valence-corrected chi connectivity index (χ0v) is 28.1. The predicted molar refractivity (Wildman–Crippen MR) is 177 cm³/mol. The van der Waals surface area contributed by atoms with Crippen LogP contribution in [0, 0.1) is 0 Å². The molecule has 0 atom stereocenters. The van der Waals surface area contributed by atoms with Crippen LogP contribution in [0.15, 0.2) is 119 Å². The molecule has 0 amide bonds. The summed E-state index contributed by atoms with van der Waals surface area (Å²) in [6, 6.07) is 31.4. The van der Waals surface area contributed by atoms with Crippen LogP contribution in [-0.4, -0.2) is 59.9 Å². The van der Waals surface area contributed by atoms with Crippen molar-refractivity contribution >= 4 is 66.7 Å². The summed E-state index contributed by atoms with van der Waals surface area (Å²) in [5.74, 6) is -1.90. The molecule has 4 rings (SSSR count). The molecule has 0 aliphatic heterocycles. The topological polar surface area (TPSA) is 74.8 Å². The Labute approximate surface area is 278 Å². The maximum atomic E-state index is 12.2. The molecule has 0 saturated carbocycles. The van der Waals surface area contributed by atoms with E-state index < -0.39 is 23.1 Å². The molecule has 0 N–H and O–H groups in total. The van der Waals surface area contributed by atoms with Gasteiger partial charge in [0.2, 0.25) is 23.1 Å². The van der Waals surface area contributed by atoms with Crippen molar-refractivity contribution in [2.45, 2.75) is 9.79 Å². The second kappa shape index (κ2) is 18.9. The standard InChI is InChI=1S/2C16H15NO2S2.Ni/c2*1-17(2)21-20-14-10-8-13(9-11-14)16(19)15(18)12-6-4-3-5-7-12;/h2*3-11H,1-2H3;/q;;+2. The number of ketones is 4. The number of carbonyl (C=O) groups is 4. The van der Waals surface area contributed by atoms with Gasteiger partial charge < -0.3 is 0 Å². The summed E-state index contributed by atoms with van der Waals surface area (Å²) >= 11 is 0. The van der Waals surface area contributed by atoms with Gasteiger partial charge in [-0.05, 0) is 120 Å². The molecule has 0 saturated heterocycles. The van der Waals surface area contributed by atoms with E-state index >= 15 is 0 Å². The van der Waals surface area contributed by atoms with Gasteiger partial charge in [0.1, 0.15) is 0 Å². The van der Waals surface area contributed by atoms with Crippen LogP contribution in [0.25, 0.3) is 0 Å². The van der Waals surface area contributed by atoms with E-state index in [9.17, 15) is 19.2 Å². The van der Waals surface area contributed by atoms with Crippen molar-refractivity contribution < 1.29 is 35.7 Å². The Morgan fingerprint density at radius 1 is 0.419 bits per heavy atom. The summed E-state index contributed by atoms with van der Waals surface area (Å²) in [7, 11) is 14.3. The zero-order valence-electron chi connectivity index (χ0n) is 23.9. The van der Waals surface area contributed by atoms with E-state index in [0.29, 0.717) is 22.3 Å². The number of carbonyl (C=O) groups excluding carboxylic acids is 4. The van der Waals surface area contributed by atoms with E-state index in [1.54, 1.807) is 116 Å². The third kappa shape index (κ3) is 12.1.